The Labute approximate surface area is 148 Å². The summed E-state index contributed by atoms with van der Waals surface area (Å²) in [7, 11) is 0. The number of aromatic carboxylic acids is 1. The molecule has 2 aromatic rings. The second-order valence-electron chi connectivity index (χ2n) is 5.20. The Morgan fingerprint density at radius 3 is 1.60 bits per heavy atom. The van der Waals surface area contributed by atoms with Crippen molar-refractivity contribution in [3.8, 4) is 0 Å². The second-order valence-corrected chi connectivity index (χ2v) is 5.20. The molecule has 0 amide bonds. The van der Waals surface area contributed by atoms with Crippen molar-refractivity contribution in [2.24, 2.45) is 0 Å². The Morgan fingerprint density at radius 1 is 0.840 bits per heavy atom. The summed E-state index contributed by atoms with van der Waals surface area (Å²) in [4.78, 5) is 27.9. The summed E-state index contributed by atoms with van der Waals surface area (Å²) in [6, 6.07) is 9.72. The first-order valence-corrected chi connectivity index (χ1v) is 6.99. The number of hydrogen-bond acceptors (Lipinski definition) is 2. The molecule has 0 bridgehead atoms. The molecule has 0 aliphatic rings. The zero-order chi connectivity index (χ0) is 18.3. The predicted molar refractivity (Wildman–Crippen MR) is 98.6 cm³/mol. The molecule has 0 aromatic heterocycles. The van der Waals surface area contributed by atoms with Gasteiger partial charge in [-0.3, -0.25) is 4.79 Å². The summed E-state index contributed by atoms with van der Waals surface area (Å²) in [5, 5.41) is 8.63. The van der Waals surface area contributed by atoms with Crippen LogP contribution in [0.15, 0.2) is 36.4 Å². The highest BCUT2D eigenvalue weighted by Gasteiger charge is 2.04. The molecule has 0 saturated heterocycles. The third kappa shape index (κ3) is 6.68. The van der Waals surface area contributed by atoms with E-state index < -0.39 is 5.97 Å². The van der Waals surface area contributed by atoms with Crippen LogP contribution in [0.4, 0.5) is 11.4 Å². The van der Waals surface area contributed by atoms with Crippen molar-refractivity contribution in [1.82, 2.24) is 0 Å². The first-order chi connectivity index (χ1) is 11.3. The summed E-state index contributed by atoms with van der Waals surface area (Å²) in [5.74, 6) is -0.993. The highest BCUT2D eigenvalue weighted by Crippen LogP contribution is 2.18. The zero-order valence-corrected chi connectivity index (χ0v) is 13.6. The van der Waals surface area contributed by atoms with E-state index in [4.69, 9.17) is 18.3 Å². The number of Topliss-reactive ketones (excluding diaryl/α,β-unsaturated/α-hetero) is 1. The average molecular weight is 336 g/mol. The minimum atomic E-state index is -0.997. The fourth-order valence-electron chi connectivity index (χ4n) is 1.98. The van der Waals surface area contributed by atoms with Crippen molar-refractivity contribution in [3.63, 3.8) is 0 Å². The van der Waals surface area contributed by atoms with Gasteiger partial charge >= 0.3 is 5.97 Å². The fraction of sp³-hybridized carbons (Fsp3) is 0.200. The largest absolute Gasteiger partial charge is 0.478 e. The molecule has 0 fully saturated rings. The van der Waals surface area contributed by atoms with E-state index in [1.165, 1.54) is 19.1 Å². The van der Waals surface area contributed by atoms with Gasteiger partial charge < -0.3 is 5.11 Å². The lowest BCUT2D eigenvalue weighted by molar-refractivity contribution is 0.0696. The number of hydrogen-bond donors (Lipinski definition) is 1. The predicted octanol–water partition coefficient (Wildman–Crippen LogP) is 5.63. The number of carbonyl (C=O) groups is 2. The van der Waals surface area contributed by atoms with Crippen molar-refractivity contribution >= 4 is 23.1 Å². The van der Waals surface area contributed by atoms with E-state index in [9.17, 15) is 9.59 Å². The van der Waals surface area contributed by atoms with Gasteiger partial charge in [-0.25, -0.2) is 14.5 Å². The lowest BCUT2D eigenvalue weighted by Crippen LogP contribution is -1.95. The molecule has 0 aliphatic carbocycles. The third-order valence-corrected chi connectivity index (χ3v) is 3.04. The molecular weight excluding hydrogens is 316 g/mol. The minimum Gasteiger partial charge on any atom is -0.478 e. The Morgan fingerprint density at radius 2 is 1.24 bits per heavy atom. The minimum absolute atomic E-state index is 0. The molecule has 0 aliphatic heterocycles. The van der Waals surface area contributed by atoms with Gasteiger partial charge in [0.1, 0.15) is 0 Å². The third-order valence-electron chi connectivity index (χ3n) is 3.04. The quantitative estimate of drug-likeness (QED) is 0.571. The van der Waals surface area contributed by atoms with Crippen LogP contribution >= 0.6 is 0 Å². The number of carbonyl (C=O) groups excluding carboxylic acids is 1. The smallest absolute Gasteiger partial charge is 0.334 e. The molecular formula is C20H20N2O3. The van der Waals surface area contributed by atoms with Gasteiger partial charge in [0.15, 0.2) is 17.2 Å². The van der Waals surface area contributed by atoms with Crippen LogP contribution in [0.5, 0.6) is 0 Å². The highest BCUT2D eigenvalue weighted by molar-refractivity contribution is 5.95. The fourth-order valence-corrected chi connectivity index (χ4v) is 1.98. The molecule has 0 radical (unpaired) electrons. The van der Waals surface area contributed by atoms with Crippen molar-refractivity contribution in [3.05, 3.63) is 81.5 Å². The second kappa shape index (κ2) is 9.64. The molecule has 0 heterocycles. The van der Waals surface area contributed by atoms with Crippen LogP contribution in [-0.2, 0) is 0 Å². The molecule has 0 saturated carbocycles. The molecule has 25 heavy (non-hydrogen) atoms. The molecule has 5 heteroatoms. The molecule has 2 aromatic carbocycles. The van der Waals surface area contributed by atoms with E-state index in [0.29, 0.717) is 16.9 Å². The van der Waals surface area contributed by atoms with E-state index in [-0.39, 0.29) is 18.8 Å². The van der Waals surface area contributed by atoms with E-state index in [0.717, 1.165) is 11.1 Å². The number of benzene rings is 2. The van der Waals surface area contributed by atoms with Gasteiger partial charge in [-0.05, 0) is 39.0 Å². The van der Waals surface area contributed by atoms with Gasteiger partial charge in [-0.1, -0.05) is 36.8 Å². The molecule has 5 nitrogen and oxygen atoms in total. The maximum Gasteiger partial charge on any atom is 0.334 e. The van der Waals surface area contributed by atoms with Gasteiger partial charge in [0.2, 0.25) is 0 Å². The Balaban J connectivity index is 0.000000443. The van der Waals surface area contributed by atoms with Crippen LogP contribution in [0.1, 0.15) is 46.2 Å². The standard InChI is InChI=1S/C10H9NO.C9H7NO2.CH4/c1-7-4-9(8(2)12)6-10(5-7)11-3;1-6-3-7(9(11)12)5-8(4-6)10-2;/h4-6H,1-2H3;3-5H,1H3,(H,11,12);1H4. The van der Waals surface area contributed by atoms with E-state index >= 15 is 0 Å². The van der Waals surface area contributed by atoms with Crippen LogP contribution in [-0.4, -0.2) is 16.9 Å². The lowest BCUT2D eigenvalue weighted by Gasteiger charge is -1.98. The molecule has 2 rings (SSSR count). The molecule has 0 unspecified atom stereocenters. The molecule has 0 spiro atoms. The molecule has 1 N–H and O–H groups in total. The highest BCUT2D eigenvalue weighted by atomic mass is 16.4. The van der Waals surface area contributed by atoms with Crippen molar-refractivity contribution < 1.29 is 14.7 Å². The van der Waals surface area contributed by atoms with Gasteiger partial charge in [-0.2, -0.15) is 0 Å². The number of carboxylic acids is 1. The lowest BCUT2D eigenvalue weighted by atomic mass is 10.1. The Hall–Kier alpha value is -3.44. The Kier molecular flexibility index (Phi) is 8.32. The number of carboxylic acid groups (broad SMARTS) is 1. The molecule has 0 atom stereocenters. The maximum atomic E-state index is 11.0. The zero-order valence-electron chi connectivity index (χ0n) is 13.6. The summed E-state index contributed by atoms with van der Waals surface area (Å²) in [6.07, 6.45) is 0. The number of rotatable bonds is 2. The van der Waals surface area contributed by atoms with Crippen LogP contribution in [0.25, 0.3) is 9.69 Å². The van der Waals surface area contributed by atoms with E-state index in [1.807, 2.05) is 6.92 Å². The SMILES string of the molecule is C.[C-]#[N+]c1cc(C)cc(C(=O)O)c1.[C-]#[N+]c1cc(C)cc(C(C)=O)c1. The van der Waals surface area contributed by atoms with Crippen molar-refractivity contribution in [2.75, 3.05) is 0 Å². The van der Waals surface area contributed by atoms with Crippen LogP contribution in [0.2, 0.25) is 0 Å². The van der Waals surface area contributed by atoms with Crippen LogP contribution in [0.3, 0.4) is 0 Å². The number of aryl methyl sites for hydroxylation is 2. The van der Waals surface area contributed by atoms with Gasteiger partial charge in [0, 0.05) is 11.1 Å². The normalized spacial score (nSPS) is 8.68. The summed E-state index contributed by atoms with van der Waals surface area (Å²) >= 11 is 0. The first-order valence-electron chi connectivity index (χ1n) is 6.99. The molecule has 128 valence electrons. The van der Waals surface area contributed by atoms with Gasteiger partial charge in [0.25, 0.3) is 0 Å². The first kappa shape index (κ1) is 21.6. The van der Waals surface area contributed by atoms with E-state index in [2.05, 4.69) is 9.69 Å². The topological polar surface area (TPSA) is 63.1 Å². The van der Waals surface area contributed by atoms with Crippen LogP contribution in [0, 0.1) is 27.0 Å². The van der Waals surface area contributed by atoms with E-state index in [1.54, 1.807) is 31.2 Å². The summed E-state index contributed by atoms with van der Waals surface area (Å²) in [6.45, 7) is 18.6. The van der Waals surface area contributed by atoms with Crippen LogP contribution < -0.4 is 0 Å². The maximum absolute atomic E-state index is 11.0. The van der Waals surface area contributed by atoms with Gasteiger partial charge in [0.05, 0.1) is 13.1 Å². The summed E-state index contributed by atoms with van der Waals surface area (Å²) < 4.78 is 0. The van der Waals surface area contributed by atoms with Crippen molar-refractivity contribution in [2.45, 2.75) is 28.2 Å². The Bertz CT molecular complexity index is 798. The summed E-state index contributed by atoms with van der Waals surface area (Å²) in [5.41, 5.74) is 3.42. The monoisotopic (exact) mass is 336 g/mol. The average Bonchev–Trinajstić information content (AvgIpc) is 2.54. The number of nitrogens with zero attached hydrogens (tertiary/aromatic N) is 2. The van der Waals surface area contributed by atoms with Crippen molar-refractivity contribution in [1.29, 1.82) is 0 Å². The number of ketones is 1. The van der Waals surface area contributed by atoms with Gasteiger partial charge in [-0.15, -0.1) is 0 Å².